The molecule has 1 saturated heterocycles. The molecule has 1 unspecified atom stereocenters. The molecule has 7 heteroatoms. The summed E-state index contributed by atoms with van der Waals surface area (Å²) in [6, 6.07) is 18.0. The van der Waals surface area contributed by atoms with Gasteiger partial charge in [-0.2, -0.15) is 4.68 Å². The van der Waals surface area contributed by atoms with Gasteiger partial charge in [-0.15, -0.1) is 5.10 Å². The number of ether oxygens (including phenoxy) is 1. The summed E-state index contributed by atoms with van der Waals surface area (Å²) in [6.07, 6.45) is 1.66. The summed E-state index contributed by atoms with van der Waals surface area (Å²) in [5, 5.41) is 14.9. The number of aromatic nitrogens is 3. The highest BCUT2D eigenvalue weighted by Gasteiger charge is 2.23. The topological polar surface area (TPSA) is 56.7 Å². The van der Waals surface area contributed by atoms with Gasteiger partial charge in [-0.05, 0) is 56.2 Å². The van der Waals surface area contributed by atoms with Crippen LogP contribution in [0.15, 0.2) is 54.6 Å². The zero-order chi connectivity index (χ0) is 20.2. The Bertz CT molecular complexity index is 998. The van der Waals surface area contributed by atoms with Crippen molar-refractivity contribution < 1.29 is 14.7 Å². The number of nitrogens with zero attached hydrogens (tertiary/aromatic N) is 3. The third-order valence-electron chi connectivity index (χ3n) is 5.24. The highest BCUT2D eigenvalue weighted by atomic mass is 32.1. The maximum atomic E-state index is 10.0. The van der Waals surface area contributed by atoms with E-state index in [9.17, 15) is 5.11 Å². The summed E-state index contributed by atoms with van der Waals surface area (Å²) in [6.45, 7) is 5.02. The normalized spacial score (nSPS) is 19.2. The lowest BCUT2D eigenvalue weighted by Gasteiger charge is -2.26. The molecule has 0 amide bonds. The van der Waals surface area contributed by atoms with Crippen molar-refractivity contribution in [2.75, 3.05) is 19.7 Å². The van der Waals surface area contributed by atoms with Gasteiger partial charge in [-0.25, -0.2) is 0 Å². The number of aliphatic hydroxyl groups excluding tert-OH is 1. The van der Waals surface area contributed by atoms with Crippen LogP contribution in [0, 0.1) is 4.77 Å². The summed E-state index contributed by atoms with van der Waals surface area (Å²) < 4.78 is 10.1. The number of hydrogen-bond donors (Lipinski definition) is 2. The fraction of sp³-hybridized carbons (Fsp3) is 0.364. The molecule has 0 spiro atoms. The summed E-state index contributed by atoms with van der Waals surface area (Å²) in [4.78, 5) is 1.30. The van der Waals surface area contributed by atoms with Crippen LogP contribution in [0.3, 0.4) is 0 Å². The first-order valence-electron chi connectivity index (χ1n) is 10.2. The minimum absolute atomic E-state index is 0.241. The van der Waals surface area contributed by atoms with Gasteiger partial charge in [0.1, 0.15) is 18.4 Å². The molecule has 0 radical (unpaired) electrons. The summed E-state index contributed by atoms with van der Waals surface area (Å²) >= 11 is 5.83. The van der Waals surface area contributed by atoms with Gasteiger partial charge in [-0.3, -0.25) is 4.57 Å². The van der Waals surface area contributed by atoms with Gasteiger partial charge in [0.25, 0.3) is 0 Å². The van der Waals surface area contributed by atoms with Gasteiger partial charge >= 0.3 is 0 Å². The minimum Gasteiger partial charge on any atom is -0.494 e. The molecule has 2 atom stereocenters. The lowest BCUT2D eigenvalue weighted by atomic mass is 10.1. The average Bonchev–Trinajstić information content (AvgIpc) is 3.06. The first-order valence-corrected chi connectivity index (χ1v) is 10.6. The second-order valence-corrected chi connectivity index (χ2v) is 7.76. The van der Waals surface area contributed by atoms with E-state index in [1.54, 1.807) is 0 Å². The number of hydrogen-bond acceptors (Lipinski definition) is 4. The summed E-state index contributed by atoms with van der Waals surface area (Å²) in [5.74, 6) is 1.65. The maximum absolute atomic E-state index is 10.0. The van der Waals surface area contributed by atoms with E-state index >= 15 is 0 Å². The van der Waals surface area contributed by atoms with Crippen LogP contribution in [-0.4, -0.2) is 45.3 Å². The molecule has 1 aliphatic rings. The lowest BCUT2D eigenvalue weighted by molar-refractivity contribution is -0.931. The third kappa shape index (κ3) is 4.42. The molecule has 1 aromatic heterocycles. The molecular formula is C22H27N4O2S+. The van der Waals surface area contributed by atoms with Crippen LogP contribution >= 0.6 is 12.2 Å². The highest BCUT2D eigenvalue weighted by Crippen LogP contribution is 2.24. The maximum Gasteiger partial charge on any atom is 0.207 e. The number of aliphatic hydroxyl groups is 1. The smallest absolute Gasteiger partial charge is 0.207 e. The van der Waals surface area contributed by atoms with E-state index in [0.717, 1.165) is 48.8 Å². The van der Waals surface area contributed by atoms with Crippen molar-refractivity contribution >= 4 is 12.2 Å². The Morgan fingerprint density at radius 1 is 1.17 bits per heavy atom. The van der Waals surface area contributed by atoms with E-state index in [2.05, 4.69) is 0 Å². The second kappa shape index (κ2) is 8.90. The van der Waals surface area contributed by atoms with Gasteiger partial charge in [-0.1, -0.05) is 30.3 Å². The fourth-order valence-corrected chi connectivity index (χ4v) is 4.15. The predicted molar refractivity (Wildman–Crippen MR) is 115 cm³/mol. The van der Waals surface area contributed by atoms with Gasteiger partial charge in [0, 0.05) is 5.56 Å². The molecule has 1 fully saturated rings. The van der Waals surface area contributed by atoms with E-state index in [-0.39, 0.29) is 6.10 Å². The molecule has 2 N–H and O–H groups in total. The number of nitrogens with one attached hydrogen (secondary N) is 1. The molecule has 29 heavy (non-hydrogen) atoms. The Morgan fingerprint density at radius 3 is 2.62 bits per heavy atom. The van der Waals surface area contributed by atoms with Crippen LogP contribution in [-0.2, 0) is 6.67 Å². The quantitative estimate of drug-likeness (QED) is 0.612. The number of likely N-dealkylation sites (tertiary alicyclic amines) is 1. The van der Waals surface area contributed by atoms with Crippen molar-refractivity contribution in [3.05, 3.63) is 59.4 Å². The molecule has 4 rings (SSSR count). The zero-order valence-electron chi connectivity index (χ0n) is 16.6. The van der Waals surface area contributed by atoms with Crippen LogP contribution in [0.25, 0.3) is 17.1 Å². The van der Waals surface area contributed by atoms with Crippen LogP contribution in [0.1, 0.15) is 19.8 Å². The number of rotatable bonds is 6. The van der Waals surface area contributed by atoms with Crippen molar-refractivity contribution in [2.24, 2.45) is 0 Å². The Kier molecular flexibility index (Phi) is 6.08. The van der Waals surface area contributed by atoms with E-state index in [0.29, 0.717) is 18.0 Å². The molecule has 2 heterocycles. The summed E-state index contributed by atoms with van der Waals surface area (Å²) in [5.41, 5.74) is 1.97. The predicted octanol–water partition coefficient (Wildman–Crippen LogP) is 2.47. The standard InChI is InChI=1S/C22H26N4O2S/c1-2-28-20-12-10-18(11-13-20)26-21(17-7-4-3-5-8-17)23-25(22(26)29)16-24-14-6-9-19(27)15-24/h3-5,7-8,10-13,19,27H,2,6,9,14-16H2,1H3/p+1/t19-/m0/s1. The highest BCUT2D eigenvalue weighted by molar-refractivity contribution is 7.71. The minimum atomic E-state index is -0.241. The van der Waals surface area contributed by atoms with Crippen LogP contribution in [0.4, 0.5) is 0 Å². The van der Waals surface area contributed by atoms with Gasteiger partial charge in [0.2, 0.25) is 4.77 Å². The Labute approximate surface area is 176 Å². The first-order chi connectivity index (χ1) is 14.2. The zero-order valence-corrected chi connectivity index (χ0v) is 17.4. The Morgan fingerprint density at radius 2 is 1.93 bits per heavy atom. The largest absolute Gasteiger partial charge is 0.494 e. The average molecular weight is 412 g/mol. The Hall–Kier alpha value is -2.48. The van der Waals surface area contributed by atoms with Crippen LogP contribution < -0.4 is 9.64 Å². The summed E-state index contributed by atoms with van der Waals surface area (Å²) in [7, 11) is 0. The molecule has 1 aliphatic heterocycles. The SMILES string of the molecule is CCOc1ccc(-n2c(-c3ccccc3)nn(C[NH+]3CCC[C@H](O)C3)c2=S)cc1. The van der Waals surface area contributed by atoms with Crippen molar-refractivity contribution in [3.63, 3.8) is 0 Å². The van der Waals surface area contributed by atoms with E-state index in [1.807, 2.05) is 70.8 Å². The van der Waals surface area contributed by atoms with Crippen molar-refractivity contribution in [2.45, 2.75) is 32.5 Å². The molecule has 6 nitrogen and oxygen atoms in total. The number of piperidine rings is 1. The van der Waals surface area contributed by atoms with Crippen molar-refractivity contribution in [1.82, 2.24) is 14.3 Å². The van der Waals surface area contributed by atoms with E-state index < -0.39 is 0 Å². The monoisotopic (exact) mass is 411 g/mol. The van der Waals surface area contributed by atoms with Crippen LogP contribution in [0.2, 0.25) is 0 Å². The fourth-order valence-electron chi connectivity index (χ4n) is 3.86. The Balaban J connectivity index is 1.74. The second-order valence-electron chi connectivity index (χ2n) is 7.39. The third-order valence-corrected chi connectivity index (χ3v) is 5.64. The molecule has 3 aromatic rings. The van der Waals surface area contributed by atoms with Gasteiger partial charge < -0.3 is 14.7 Å². The van der Waals surface area contributed by atoms with Crippen LogP contribution in [0.5, 0.6) is 5.75 Å². The van der Waals surface area contributed by atoms with E-state index in [1.165, 1.54) is 4.90 Å². The van der Waals surface area contributed by atoms with Gasteiger partial charge in [0.05, 0.1) is 18.8 Å². The van der Waals surface area contributed by atoms with Gasteiger partial charge in [0.15, 0.2) is 12.5 Å². The molecule has 0 bridgehead atoms. The number of benzene rings is 2. The van der Waals surface area contributed by atoms with Crippen molar-refractivity contribution in [3.8, 4) is 22.8 Å². The van der Waals surface area contributed by atoms with E-state index in [4.69, 9.17) is 22.1 Å². The molecule has 0 saturated carbocycles. The van der Waals surface area contributed by atoms with Crippen molar-refractivity contribution in [1.29, 1.82) is 0 Å². The molecule has 0 aliphatic carbocycles. The number of quaternary nitrogens is 1. The first kappa shape index (κ1) is 19.8. The molecule has 152 valence electrons. The molecule has 2 aromatic carbocycles. The lowest BCUT2D eigenvalue weighted by Crippen LogP contribution is -3.13. The molecular weight excluding hydrogens is 384 g/mol.